The van der Waals surface area contributed by atoms with E-state index in [4.69, 9.17) is 5.11 Å². The highest BCUT2D eigenvalue weighted by Crippen LogP contribution is 2.18. The lowest BCUT2D eigenvalue weighted by Crippen LogP contribution is -2.20. The summed E-state index contributed by atoms with van der Waals surface area (Å²) in [6, 6.07) is 8.28. The lowest BCUT2D eigenvalue weighted by atomic mass is 10.1. The molecule has 0 aliphatic rings. The number of urea groups is 1. The summed E-state index contributed by atoms with van der Waals surface area (Å²) < 4.78 is 26.2. The predicted molar refractivity (Wildman–Crippen MR) is 77.5 cm³/mol. The van der Waals surface area contributed by atoms with Gasteiger partial charge in [-0.15, -0.1) is 0 Å². The highest BCUT2D eigenvalue weighted by atomic mass is 19.1. The summed E-state index contributed by atoms with van der Waals surface area (Å²) in [5.41, 5.74) is 0.615. The molecule has 0 aromatic heterocycles. The summed E-state index contributed by atoms with van der Waals surface area (Å²) in [6.45, 7) is -0.448. The first-order valence-electron chi connectivity index (χ1n) is 6.41. The zero-order valence-electron chi connectivity index (χ0n) is 11.4. The summed E-state index contributed by atoms with van der Waals surface area (Å²) in [5, 5.41) is 23.1. The molecular weight excluding hydrogens is 294 g/mol. The number of benzene rings is 2. The van der Waals surface area contributed by atoms with Crippen LogP contribution >= 0.6 is 0 Å². The number of aliphatic hydroxyl groups is 2. The van der Waals surface area contributed by atoms with Crippen molar-refractivity contribution < 1.29 is 23.8 Å². The summed E-state index contributed by atoms with van der Waals surface area (Å²) in [7, 11) is 0. The van der Waals surface area contributed by atoms with Crippen LogP contribution in [-0.2, 0) is 0 Å². The Balaban J connectivity index is 2.06. The van der Waals surface area contributed by atoms with Crippen molar-refractivity contribution in [1.29, 1.82) is 0 Å². The molecule has 2 amide bonds. The van der Waals surface area contributed by atoms with Crippen molar-refractivity contribution in [3.63, 3.8) is 0 Å². The molecule has 7 heteroatoms. The third kappa shape index (κ3) is 4.00. The van der Waals surface area contributed by atoms with Crippen LogP contribution in [0.15, 0.2) is 42.5 Å². The van der Waals surface area contributed by atoms with E-state index in [9.17, 15) is 18.7 Å². The fraction of sp³-hybridized carbons (Fsp3) is 0.133. The van der Waals surface area contributed by atoms with Crippen molar-refractivity contribution in [3.05, 3.63) is 59.7 Å². The first kappa shape index (κ1) is 15.9. The number of rotatable bonds is 4. The summed E-state index contributed by atoms with van der Waals surface area (Å²) in [5.74, 6) is -1.63. The molecule has 2 aromatic rings. The van der Waals surface area contributed by atoms with E-state index in [1.54, 1.807) is 18.2 Å². The normalized spacial score (nSPS) is 11.8. The topological polar surface area (TPSA) is 81.6 Å². The maximum atomic E-state index is 13.4. The molecule has 0 bridgehead atoms. The molecule has 22 heavy (non-hydrogen) atoms. The Labute approximate surface area is 125 Å². The number of anilines is 2. The van der Waals surface area contributed by atoms with E-state index in [0.29, 0.717) is 17.3 Å². The minimum atomic E-state index is -1.06. The first-order chi connectivity index (χ1) is 10.5. The molecule has 5 nitrogen and oxygen atoms in total. The van der Waals surface area contributed by atoms with Crippen LogP contribution in [0.3, 0.4) is 0 Å². The maximum Gasteiger partial charge on any atom is 0.323 e. The molecule has 0 spiro atoms. The lowest BCUT2D eigenvalue weighted by Gasteiger charge is -2.11. The molecule has 2 aromatic carbocycles. The zero-order valence-corrected chi connectivity index (χ0v) is 11.4. The molecule has 116 valence electrons. The third-order valence-corrected chi connectivity index (χ3v) is 2.88. The number of nitrogens with one attached hydrogen (secondary N) is 2. The molecule has 2 rings (SSSR count). The van der Waals surface area contributed by atoms with Gasteiger partial charge < -0.3 is 20.8 Å². The molecule has 0 saturated heterocycles. The Kier molecular flexibility index (Phi) is 5.03. The van der Waals surface area contributed by atoms with Gasteiger partial charge in [0, 0.05) is 11.8 Å². The molecule has 0 saturated carbocycles. The Morgan fingerprint density at radius 1 is 1.14 bits per heavy atom. The van der Waals surface area contributed by atoms with Gasteiger partial charge in [-0.25, -0.2) is 13.6 Å². The number of hydrogen-bond acceptors (Lipinski definition) is 3. The molecule has 0 fully saturated rings. The van der Waals surface area contributed by atoms with Crippen LogP contribution < -0.4 is 10.6 Å². The van der Waals surface area contributed by atoms with Gasteiger partial charge in [0.1, 0.15) is 17.7 Å². The van der Waals surface area contributed by atoms with Gasteiger partial charge in [0.2, 0.25) is 0 Å². The van der Waals surface area contributed by atoms with Crippen LogP contribution in [0.1, 0.15) is 11.7 Å². The minimum Gasteiger partial charge on any atom is -0.393 e. The van der Waals surface area contributed by atoms with Crippen molar-refractivity contribution in [1.82, 2.24) is 0 Å². The van der Waals surface area contributed by atoms with Gasteiger partial charge >= 0.3 is 6.03 Å². The smallest absolute Gasteiger partial charge is 0.323 e. The SMILES string of the molecule is O=C(Nc1cccc([C@@H](O)CO)c1)Nc1ccc(F)cc1F. The van der Waals surface area contributed by atoms with Gasteiger partial charge in [-0.05, 0) is 29.8 Å². The number of carbonyl (C=O) groups excluding carboxylic acids is 1. The molecular formula is C15H14F2N2O3. The van der Waals surface area contributed by atoms with Crippen LogP contribution in [0, 0.1) is 11.6 Å². The van der Waals surface area contributed by atoms with Gasteiger partial charge in [-0.1, -0.05) is 12.1 Å². The zero-order chi connectivity index (χ0) is 16.1. The van der Waals surface area contributed by atoms with E-state index >= 15 is 0 Å². The van der Waals surface area contributed by atoms with Crippen molar-refractivity contribution >= 4 is 17.4 Å². The van der Waals surface area contributed by atoms with Crippen LogP contribution in [-0.4, -0.2) is 22.9 Å². The fourth-order valence-electron chi connectivity index (χ4n) is 1.80. The molecule has 4 N–H and O–H groups in total. The van der Waals surface area contributed by atoms with Gasteiger partial charge in [0.05, 0.1) is 12.3 Å². The van der Waals surface area contributed by atoms with Crippen molar-refractivity contribution in [2.45, 2.75) is 6.10 Å². The number of amides is 2. The average Bonchev–Trinajstić information content (AvgIpc) is 2.49. The highest BCUT2D eigenvalue weighted by molar-refractivity contribution is 5.99. The number of aliphatic hydroxyl groups excluding tert-OH is 2. The van der Waals surface area contributed by atoms with Gasteiger partial charge in [0.25, 0.3) is 0 Å². The molecule has 0 radical (unpaired) electrons. The quantitative estimate of drug-likeness (QED) is 0.701. The van der Waals surface area contributed by atoms with Crippen LogP contribution in [0.25, 0.3) is 0 Å². The van der Waals surface area contributed by atoms with Crippen molar-refractivity contribution in [3.8, 4) is 0 Å². The number of hydrogen-bond donors (Lipinski definition) is 4. The average molecular weight is 308 g/mol. The largest absolute Gasteiger partial charge is 0.393 e. The minimum absolute atomic E-state index is 0.162. The summed E-state index contributed by atoms with van der Waals surface area (Å²) in [6.07, 6.45) is -1.06. The Morgan fingerprint density at radius 3 is 2.59 bits per heavy atom. The molecule has 0 heterocycles. The summed E-state index contributed by atoms with van der Waals surface area (Å²) >= 11 is 0. The Morgan fingerprint density at radius 2 is 1.91 bits per heavy atom. The monoisotopic (exact) mass is 308 g/mol. The second kappa shape index (κ2) is 6.97. The van der Waals surface area contributed by atoms with Crippen molar-refractivity contribution in [2.24, 2.45) is 0 Å². The molecule has 1 atom stereocenters. The van der Waals surface area contributed by atoms with E-state index in [1.165, 1.54) is 6.07 Å². The number of carbonyl (C=O) groups is 1. The van der Waals surface area contributed by atoms with Crippen molar-refractivity contribution in [2.75, 3.05) is 17.2 Å². The van der Waals surface area contributed by atoms with Crippen LogP contribution in [0.4, 0.5) is 25.0 Å². The summed E-state index contributed by atoms with van der Waals surface area (Å²) in [4.78, 5) is 11.8. The van der Waals surface area contributed by atoms with E-state index < -0.39 is 30.4 Å². The Bertz CT molecular complexity index is 680. The van der Waals surface area contributed by atoms with E-state index in [1.807, 2.05) is 0 Å². The lowest BCUT2D eigenvalue weighted by molar-refractivity contribution is 0.0956. The van der Waals surface area contributed by atoms with E-state index in [2.05, 4.69) is 10.6 Å². The second-order valence-electron chi connectivity index (χ2n) is 4.53. The first-order valence-corrected chi connectivity index (χ1v) is 6.41. The van der Waals surface area contributed by atoms with E-state index in [0.717, 1.165) is 12.1 Å². The highest BCUT2D eigenvalue weighted by Gasteiger charge is 2.10. The van der Waals surface area contributed by atoms with Gasteiger partial charge in [0.15, 0.2) is 0 Å². The number of halogens is 2. The van der Waals surface area contributed by atoms with Gasteiger partial charge in [-0.2, -0.15) is 0 Å². The molecule has 0 aliphatic heterocycles. The van der Waals surface area contributed by atoms with Crippen LogP contribution in [0.2, 0.25) is 0 Å². The second-order valence-corrected chi connectivity index (χ2v) is 4.53. The van der Waals surface area contributed by atoms with E-state index in [-0.39, 0.29) is 5.69 Å². The fourth-order valence-corrected chi connectivity index (χ4v) is 1.80. The molecule has 0 unspecified atom stereocenters. The predicted octanol–water partition coefficient (Wildman–Crippen LogP) is 2.63. The van der Waals surface area contributed by atoms with Crippen LogP contribution in [0.5, 0.6) is 0 Å². The molecule has 0 aliphatic carbocycles. The van der Waals surface area contributed by atoms with Gasteiger partial charge in [-0.3, -0.25) is 0 Å². The third-order valence-electron chi connectivity index (χ3n) is 2.88. The Hall–Kier alpha value is -2.51. The standard InChI is InChI=1S/C15H14F2N2O3/c16-10-4-5-13(12(17)7-10)19-15(22)18-11-3-1-2-9(6-11)14(21)8-20/h1-7,14,20-21H,8H2,(H2,18,19,22)/t14-/m0/s1. The maximum absolute atomic E-state index is 13.4.